The molecule has 1 amide bonds. The minimum atomic E-state index is -0.280. The van der Waals surface area contributed by atoms with Crippen molar-refractivity contribution in [3.05, 3.63) is 71.4 Å². The highest BCUT2D eigenvalue weighted by molar-refractivity contribution is 5.76. The average molecular weight is 395 g/mol. The third kappa shape index (κ3) is 5.50. The molecule has 0 atom stereocenters. The van der Waals surface area contributed by atoms with Crippen molar-refractivity contribution in [3.63, 3.8) is 0 Å². The maximum absolute atomic E-state index is 13.0. The highest BCUT2D eigenvalue weighted by Gasteiger charge is 2.16. The standard InChI is InChI=1S/C23H26FN3O2/c1-23(2,3)18-10-8-17(9-11-18)22-25-20(29-26-22)15-27(4)21(28)14-7-16-5-12-19(24)13-6-16/h5-6,8-13H,7,14-15H2,1-4H3. The number of amides is 1. The van der Waals surface area contributed by atoms with E-state index in [9.17, 15) is 9.18 Å². The first-order valence-electron chi connectivity index (χ1n) is 9.64. The zero-order valence-corrected chi connectivity index (χ0v) is 17.3. The molecule has 0 spiro atoms. The second kappa shape index (κ2) is 8.55. The molecule has 1 heterocycles. The van der Waals surface area contributed by atoms with Crippen molar-refractivity contribution >= 4 is 5.91 Å². The van der Waals surface area contributed by atoms with E-state index in [-0.39, 0.29) is 23.7 Å². The van der Waals surface area contributed by atoms with E-state index in [0.717, 1.165) is 11.1 Å². The number of hydrogen-bond acceptors (Lipinski definition) is 4. The van der Waals surface area contributed by atoms with Crippen molar-refractivity contribution < 1.29 is 13.7 Å². The monoisotopic (exact) mass is 395 g/mol. The van der Waals surface area contributed by atoms with Crippen molar-refractivity contribution in [2.75, 3.05) is 7.05 Å². The number of rotatable bonds is 6. The minimum Gasteiger partial charge on any atom is -0.337 e. The van der Waals surface area contributed by atoms with E-state index < -0.39 is 0 Å². The maximum atomic E-state index is 13.0. The van der Waals surface area contributed by atoms with Gasteiger partial charge in [0.05, 0.1) is 6.54 Å². The molecule has 0 aliphatic heterocycles. The van der Waals surface area contributed by atoms with Crippen molar-refractivity contribution in [3.8, 4) is 11.4 Å². The van der Waals surface area contributed by atoms with Crippen LogP contribution >= 0.6 is 0 Å². The number of carbonyl (C=O) groups excluding carboxylic acids is 1. The van der Waals surface area contributed by atoms with Crippen LogP contribution < -0.4 is 0 Å². The number of carbonyl (C=O) groups is 1. The summed E-state index contributed by atoms with van der Waals surface area (Å²) in [6.45, 7) is 6.74. The van der Waals surface area contributed by atoms with Crippen LogP contribution in [0.5, 0.6) is 0 Å². The van der Waals surface area contributed by atoms with Gasteiger partial charge in [-0.1, -0.05) is 62.3 Å². The Morgan fingerprint density at radius 1 is 1.07 bits per heavy atom. The molecule has 152 valence electrons. The molecule has 2 aromatic carbocycles. The molecular weight excluding hydrogens is 369 g/mol. The summed E-state index contributed by atoms with van der Waals surface area (Å²) in [4.78, 5) is 18.3. The molecule has 3 aromatic rings. The van der Waals surface area contributed by atoms with E-state index in [2.05, 4.69) is 43.0 Å². The topological polar surface area (TPSA) is 59.2 Å². The van der Waals surface area contributed by atoms with E-state index in [1.165, 1.54) is 17.7 Å². The highest BCUT2D eigenvalue weighted by atomic mass is 19.1. The molecule has 6 heteroatoms. The predicted octanol–water partition coefficient (Wildman–Crippen LogP) is 4.76. The first-order chi connectivity index (χ1) is 13.7. The van der Waals surface area contributed by atoms with Gasteiger partial charge in [-0.25, -0.2) is 4.39 Å². The van der Waals surface area contributed by atoms with Gasteiger partial charge in [-0.15, -0.1) is 0 Å². The van der Waals surface area contributed by atoms with E-state index in [4.69, 9.17) is 4.52 Å². The Balaban J connectivity index is 1.57. The van der Waals surface area contributed by atoms with Gasteiger partial charge < -0.3 is 9.42 Å². The lowest BCUT2D eigenvalue weighted by atomic mass is 9.87. The van der Waals surface area contributed by atoms with Gasteiger partial charge in [-0.3, -0.25) is 4.79 Å². The van der Waals surface area contributed by atoms with Gasteiger partial charge >= 0.3 is 0 Å². The zero-order valence-electron chi connectivity index (χ0n) is 17.3. The quantitative estimate of drug-likeness (QED) is 0.604. The minimum absolute atomic E-state index is 0.0383. The lowest BCUT2D eigenvalue weighted by Crippen LogP contribution is -2.26. The Kier molecular flexibility index (Phi) is 6.11. The number of aryl methyl sites for hydroxylation is 1. The van der Waals surface area contributed by atoms with Gasteiger partial charge in [0.25, 0.3) is 0 Å². The first kappa shape index (κ1) is 20.7. The first-order valence-corrected chi connectivity index (χ1v) is 9.64. The Hall–Kier alpha value is -3.02. The molecule has 0 bridgehead atoms. The Morgan fingerprint density at radius 3 is 2.34 bits per heavy atom. The van der Waals surface area contributed by atoms with Gasteiger partial charge in [-0.2, -0.15) is 4.98 Å². The van der Waals surface area contributed by atoms with Crippen LogP contribution in [0.2, 0.25) is 0 Å². The van der Waals surface area contributed by atoms with Crippen molar-refractivity contribution in [1.82, 2.24) is 15.0 Å². The second-order valence-electron chi connectivity index (χ2n) is 8.22. The van der Waals surface area contributed by atoms with Gasteiger partial charge in [0.1, 0.15) is 5.82 Å². The SMILES string of the molecule is CN(Cc1nc(-c2ccc(C(C)(C)C)cc2)no1)C(=O)CCc1ccc(F)cc1. The van der Waals surface area contributed by atoms with Crippen molar-refractivity contribution in [1.29, 1.82) is 0 Å². The summed E-state index contributed by atoms with van der Waals surface area (Å²) in [5.74, 6) is 0.575. The van der Waals surface area contributed by atoms with Crippen LogP contribution in [0.1, 0.15) is 44.2 Å². The van der Waals surface area contributed by atoms with Crippen LogP contribution in [-0.2, 0) is 23.2 Å². The summed E-state index contributed by atoms with van der Waals surface area (Å²) in [5.41, 5.74) is 3.11. The zero-order chi connectivity index (χ0) is 21.0. The number of nitrogens with zero attached hydrogens (tertiary/aromatic N) is 3. The molecule has 0 N–H and O–H groups in total. The molecule has 5 nitrogen and oxygen atoms in total. The van der Waals surface area contributed by atoms with Gasteiger partial charge in [-0.05, 0) is 35.1 Å². The van der Waals surface area contributed by atoms with Crippen molar-refractivity contribution in [2.45, 2.75) is 45.6 Å². The molecule has 3 rings (SSSR count). The molecule has 0 aliphatic carbocycles. The molecule has 0 unspecified atom stereocenters. The van der Waals surface area contributed by atoms with E-state index >= 15 is 0 Å². The summed E-state index contributed by atoms with van der Waals surface area (Å²) < 4.78 is 18.3. The molecule has 0 fully saturated rings. The lowest BCUT2D eigenvalue weighted by molar-refractivity contribution is -0.130. The highest BCUT2D eigenvalue weighted by Crippen LogP contribution is 2.25. The normalized spacial score (nSPS) is 11.5. The maximum Gasteiger partial charge on any atom is 0.246 e. The Bertz CT molecular complexity index is 957. The fourth-order valence-electron chi connectivity index (χ4n) is 2.94. The van der Waals surface area contributed by atoms with Crippen molar-refractivity contribution in [2.24, 2.45) is 0 Å². The number of hydrogen-bond donors (Lipinski definition) is 0. The Morgan fingerprint density at radius 2 is 1.72 bits per heavy atom. The van der Waals surface area contributed by atoms with E-state index in [1.807, 2.05) is 12.1 Å². The predicted molar refractivity (Wildman–Crippen MR) is 110 cm³/mol. The fraction of sp³-hybridized carbons (Fsp3) is 0.348. The second-order valence-corrected chi connectivity index (χ2v) is 8.22. The largest absolute Gasteiger partial charge is 0.337 e. The van der Waals surface area contributed by atoms with E-state index in [0.29, 0.717) is 24.6 Å². The van der Waals surface area contributed by atoms with Crippen LogP contribution in [0.4, 0.5) is 4.39 Å². The molecule has 1 aromatic heterocycles. The summed E-state index contributed by atoms with van der Waals surface area (Å²) in [6, 6.07) is 14.3. The third-order valence-corrected chi connectivity index (χ3v) is 4.82. The summed E-state index contributed by atoms with van der Waals surface area (Å²) in [6.07, 6.45) is 0.885. The third-order valence-electron chi connectivity index (χ3n) is 4.82. The number of aromatic nitrogens is 2. The van der Waals surface area contributed by atoms with Crippen LogP contribution in [0.25, 0.3) is 11.4 Å². The average Bonchev–Trinajstić information content (AvgIpc) is 3.15. The summed E-state index contributed by atoms with van der Waals surface area (Å²) in [5, 5.41) is 4.03. The Labute approximate surface area is 170 Å². The summed E-state index contributed by atoms with van der Waals surface area (Å²) in [7, 11) is 1.70. The number of benzene rings is 2. The molecule has 0 saturated carbocycles. The van der Waals surface area contributed by atoms with Crippen LogP contribution in [-0.4, -0.2) is 28.0 Å². The molecule has 0 radical (unpaired) electrons. The fourth-order valence-corrected chi connectivity index (χ4v) is 2.94. The van der Waals surface area contributed by atoms with Gasteiger partial charge in [0, 0.05) is 19.0 Å². The number of halogens is 1. The van der Waals surface area contributed by atoms with E-state index in [1.54, 1.807) is 24.1 Å². The van der Waals surface area contributed by atoms with Gasteiger partial charge in [0.15, 0.2) is 0 Å². The molecule has 29 heavy (non-hydrogen) atoms. The smallest absolute Gasteiger partial charge is 0.246 e. The summed E-state index contributed by atoms with van der Waals surface area (Å²) >= 11 is 0. The van der Waals surface area contributed by atoms with Crippen LogP contribution in [0.3, 0.4) is 0 Å². The molecular formula is C23H26FN3O2. The van der Waals surface area contributed by atoms with Crippen LogP contribution in [0, 0.1) is 5.82 Å². The van der Waals surface area contributed by atoms with Gasteiger partial charge in [0.2, 0.25) is 17.6 Å². The molecule has 0 aliphatic rings. The molecule has 0 saturated heterocycles. The lowest BCUT2D eigenvalue weighted by Gasteiger charge is -2.18. The van der Waals surface area contributed by atoms with Crippen LogP contribution in [0.15, 0.2) is 53.1 Å².